The summed E-state index contributed by atoms with van der Waals surface area (Å²) in [5.41, 5.74) is 2.87. The van der Waals surface area contributed by atoms with E-state index in [-0.39, 0.29) is 5.41 Å². The van der Waals surface area contributed by atoms with E-state index in [0.717, 1.165) is 11.0 Å². The Kier molecular flexibility index (Phi) is 4.25. The minimum absolute atomic E-state index is 0.179. The van der Waals surface area contributed by atoms with Crippen LogP contribution in [-0.4, -0.2) is 13.6 Å². The summed E-state index contributed by atoms with van der Waals surface area (Å²) in [4.78, 5) is 1.33. The number of thiophene rings is 1. The molecule has 0 unspecified atom stereocenters. The predicted molar refractivity (Wildman–Crippen MR) is 84.4 cm³/mol. The molecule has 1 aromatic carbocycles. The average Bonchev–Trinajstić information content (AvgIpc) is 2.80. The van der Waals surface area contributed by atoms with Gasteiger partial charge in [-0.25, -0.2) is 0 Å². The molecule has 0 aliphatic heterocycles. The lowest BCUT2D eigenvalue weighted by Crippen LogP contribution is -2.30. The molecule has 1 aromatic heterocycles. The Bertz CT molecular complexity index is 514. The van der Waals surface area contributed by atoms with Gasteiger partial charge in [-0.3, -0.25) is 0 Å². The number of halogens is 1. The molecule has 18 heavy (non-hydrogen) atoms. The average molecular weight is 324 g/mol. The van der Waals surface area contributed by atoms with Crippen molar-refractivity contribution in [3.05, 3.63) is 45.7 Å². The molecule has 1 nitrogen and oxygen atoms in total. The first-order chi connectivity index (χ1) is 8.53. The first-order valence-corrected chi connectivity index (χ1v) is 7.70. The molecule has 0 amide bonds. The second-order valence-corrected chi connectivity index (χ2v) is 6.95. The molecule has 0 radical (unpaired) electrons. The topological polar surface area (TPSA) is 12.0 Å². The van der Waals surface area contributed by atoms with Crippen LogP contribution in [0.1, 0.15) is 19.4 Å². The maximum absolute atomic E-state index is 3.47. The SMILES string of the molecule is CNCC(C)(C)c1csc(-c2ccc(Br)cc2)c1. The molecule has 2 aromatic rings. The highest BCUT2D eigenvalue weighted by Gasteiger charge is 2.21. The van der Waals surface area contributed by atoms with E-state index < -0.39 is 0 Å². The summed E-state index contributed by atoms with van der Waals surface area (Å²) in [5.74, 6) is 0. The van der Waals surface area contributed by atoms with Crippen molar-refractivity contribution in [1.82, 2.24) is 5.32 Å². The zero-order valence-corrected chi connectivity index (χ0v) is 13.4. The Labute approximate surface area is 121 Å². The fraction of sp³-hybridized carbons (Fsp3) is 0.333. The normalized spacial score (nSPS) is 11.8. The zero-order valence-electron chi connectivity index (χ0n) is 11.0. The van der Waals surface area contributed by atoms with Crippen molar-refractivity contribution in [3.63, 3.8) is 0 Å². The predicted octanol–water partition coefficient (Wildman–Crippen LogP) is 4.67. The van der Waals surface area contributed by atoms with Crippen molar-refractivity contribution in [2.75, 3.05) is 13.6 Å². The highest BCUT2D eigenvalue weighted by Crippen LogP contribution is 2.33. The molecule has 0 fully saturated rings. The Morgan fingerprint density at radius 1 is 1.22 bits per heavy atom. The minimum Gasteiger partial charge on any atom is -0.319 e. The maximum atomic E-state index is 3.47. The van der Waals surface area contributed by atoms with Gasteiger partial charge in [-0.1, -0.05) is 41.9 Å². The van der Waals surface area contributed by atoms with Crippen LogP contribution in [0, 0.1) is 0 Å². The van der Waals surface area contributed by atoms with Crippen LogP contribution in [0.2, 0.25) is 0 Å². The van der Waals surface area contributed by atoms with Gasteiger partial charge in [0.1, 0.15) is 0 Å². The Morgan fingerprint density at radius 3 is 2.50 bits per heavy atom. The number of hydrogen-bond acceptors (Lipinski definition) is 2. The van der Waals surface area contributed by atoms with Crippen molar-refractivity contribution < 1.29 is 0 Å². The Hall–Kier alpha value is -0.640. The fourth-order valence-electron chi connectivity index (χ4n) is 2.00. The van der Waals surface area contributed by atoms with E-state index in [1.165, 1.54) is 16.0 Å². The third-order valence-electron chi connectivity index (χ3n) is 3.13. The largest absolute Gasteiger partial charge is 0.319 e. The number of benzene rings is 1. The van der Waals surface area contributed by atoms with Gasteiger partial charge in [0.2, 0.25) is 0 Å². The second kappa shape index (κ2) is 5.55. The first kappa shape index (κ1) is 13.8. The van der Waals surface area contributed by atoms with Gasteiger partial charge >= 0.3 is 0 Å². The van der Waals surface area contributed by atoms with Crippen molar-refractivity contribution in [3.8, 4) is 10.4 Å². The van der Waals surface area contributed by atoms with Gasteiger partial charge in [-0.15, -0.1) is 11.3 Å². The second-order valence-electron chi connectivity index (χ2n) is 5.12. The van der Waals surface area contributed by atoms with Crippen LogP contribution >= 0.6 is 27.3 Å². The lowest BCUT2D eigenvalue weighted by atomic mass is 9.86. The summed E-state index contributed by atoms with van der Waals surface area (Å²) in [7, 11) is 2.00. The summed E-state index contributed by atoms with van der Waals surface area (Å²) >= 11 is 5.29. The van der Waals surface area contributed by atoms with E-state index in [1.54, 1.807) is 0 Å². The quantitative estimate of drug-likeness (QED) is 0.861. The van der Waals surface area contributed by atoms with Gasteiger partial charge in [0.25, 0.3) is 0 Å². The molecule has 0 saturated heterocycles. The molecule has 0 atom stereocenters. The molecular formula is C15H18BrNS. The molecule has 0 bridgehead atoms. The monoisotopic (exact) mass is 323 g/mol. The van der Waals surface area contributed by atoms with Crippen LogP contribution in [-0.2, 0) is 5.41 Å². The lowest BCUT2D eigenvalue weighted by Gasteiger charge is -2.23. The molecule has 0 aliphatic carbocycles. The minimum atomic E-state index is 0.179. The molecule has 96 valence electrons. The van der Waals surface area contributed by atoms with Crippen LogP contribution in [0.15, 0.2) is 40.2 Å². The Morgan fingerprint density at radius 2 is 1.89 bits per heavy atom. The molecule has 1 N–H and O–H groups in total. The molecule has 3 heteroatoms. The maximum Gasteiger partial charge on any atom is 0.0345 e. The molecule has 0 saturated carbocycles. The van der Waals surface area contributed by atoms with Crippen molar-refractivity contribution in [1.29, 1.82) is 0 Å². The number of nitrogens with one attached hydrogen (secondary N) is 1. The van der Waals surface area contributed by atoms with Gasteiger partial charge in [0, 0.05) is 21.3 Å². The Balaban J connectivity index is 2.28. The number of likely N-dealkylation sites (N-methyl/N-ethyl adjacent to an activating group) is 1. The summed E-state index contributed by atoms with van der Waals surface area (Å²) in [6.45, 7) is 5.54. The zero-order chi connectivity index (χ0) is 13.2. The van der Waals surface area contributed by atoms with Crippen molar-refractivity contribution in [2.45, 2.75) is 19.3 Å². The lowest BCUT2D eigenvalue weighted by molar-refractivity contribution is 0.496. The van der Waals surface area contributed by atoms with Crippen molar-refractivity contribution >= 4 is 27.3 Å². The summed E-state index contributed by atoms with van der Waals surface area (Å²) in [5, 5.41) is 5.53. The van der Waals surface area contributed by atoms with E-state index in [1.807, 2.05) is 18.4 Å². The van der Waals surface area contributed by atoms with Gasteiger partial charge in [0.15, 0.2) is 0 Å². The van der Waals surface area contributed by atoms with E-state index in [4.69, 9.17) is 0 Å². The van der Waals surface area contributed by atoms with Gasteiger partial charge in [-0.2, -0.15) is 0 Å². The molecule has 0 spiro atoms. The van der Waals surface area contributed by atoms with E-state index >= 15 is 0 Å². The molecule has 1 heterocycles. The standard InChI is InChI=1S/C15H18BrNS/c1-15(2,10-17-3)12-8-14(18-9-12)11-4-6-13(16)7-5-11/h4-9,17H,10H2,1-3H3. The number of rotatable bonds is 4. The van der Waals surface area contributed by atoms with E-state index in [9.17, 15) is 0 Å². The summed E-state index contributed by atoms with van der Waals surface area (Å²) < 4.78 is 1.12. The highest BCUT2D eigenvalue weighted by atomic mass is 79.9. The van der Waals surface area contributed by atoms with Gasteiger partial charge in [-0.05, 0) is 41.8 Å². The summed E-state index contributed by atoms with van der Waals surface area (Å²) in [6, 6.07) is 10.8. The van der Waals surface area contributed by atoms with Crippen LogP contribution < -0.4 is 5.32 Å². The molecular weight excluding hydrogens is 306 g/mol. The smallest absolute Gasteiger partial charge is 0.0345 e. The third kappa shape index (κ3) is 3.02. The first-order valence-electron chi connectivity index (χ1n) is 6.02. The van der Waals surface area contributed by atoms with E-state index in [0.29, 0.717) is 0 Å². The summed E-state index contributed by atoms with van der Waals surface area (Å²) in [6.07, 6.45) is 0. The van der Waals surface area contributed by atoms with Gasteiger partial charge in [0.05, 0.1) is 0 Å². The van der Waals surface area contributed by atoms with Gasteiger partial charge < -0.3 is 5.32 Å². The van der Waals surface area contributed by atoms with Crippen LogP contribution in [0.3, 0.4) is 0 Å². The van der Waals surface area contributed by atoms with E-state index in [2.05, 4.69) is 70.8 Å². The number of hydrogen-bond donors (Lipinski definition) is 1. The molecule has 2 rings (SSSR count). The third-order valence-corrected chi connectivity index (χ3v) is 4.64. The fourth-order valence-corrected chi connectivity index (χ4v) is 3.37. The highest BCUT2D eigenvalue weighted by molar-refractivity contribution is 9.10. The van der Waals surface area contributed by atoms with Crippen LogP contribution in [0.4, 0.5) is 0 Å². The molecule has 0 aliphatic rings. The van der Waals surface area contributed by atoms with Crippen LogP contribution in [0.25, 0.3) is 10.4 Å². The van der Waals surface area contributed by atoms with Crippen molar-refractivity contribution in [2.24, 2.45) is 0 Å². The van der Waals surface area contributed by atoms with Crippen LogP contribution in [0.5, 0.6) is 0 Å².